The van der Waals surface area contributed by atoms with Gasteiger partial charge in [-0.05, 0) is 25.1 Å². The van der Waals surface area contributed by atoms with Crippen molar-refractivity contribution in [2.24, 2.45) is 0 Å². The third-order valence-electron chi connectivity index (χ3n) is 4.44. The van der Waals surface area contributed by atoms with Crippen molar-refractivity contribution in [3.05, 3.63) is 35.6 Å². The number of hydrogen-bond acceptors (Lipinski definition) is 7. The monoisotopic (exact) mass is 373 g/mol. The molecule has 0 bridgehead atoms. The summed E-state index contributed by atoms with van der Waals surface area (Å²) in [6, 6.07) is 7.48. The second-order valence-corrected chi connectivity index (χ2v) is 6.61. The maximum absolute atomic E-state index is 5.98. The Morgan fingerprint density at radius 3 is 2.73 bits per heavy atom. The van der Waals surface area contributed by atoms with Crippen LogP contribution in [-0.2, 0) is 4.74 Å². The van der Waals surface area contributed by atoms with E-state index in [2.05, 4.69) is 25.3 Å². The van der Waals surface area contributed by atoms with Crippen molar-refractivity contribution in [2.75, 3.05) is 44.7 Å². The van der Waals surface area contributed by atoms with Gasteiger partial charge in [0.1, 0.15) is 23.2 Å². The number of hydrogen-bond donors (Lipinski definition) is 1. The van der Waals surface area contributed by atoms with Crippen LogP contribution < -0.4 is 5.32 Å². The van der Waals surface area contributed by atoms with Crippen molar-refractivity contribution in [3.63, 3.8) is 0 Å². The fraction of sp³-hybridized carbons (Fsp3) is 0.389. The molecule has 7 nitrogen and oxygen atoms in total. The summed E-state index contributed by atoms with van der Waals surface area (Å²) < 4.78 is 10.8. The summed E-state index contributed by atoms with van der Waals surface area (Å²) >= 11 is 5.98. The summed E-state index contributed by atoms with van der Waals surface area (Å²) in [4.78, 5) is 11.0. The molecule has 1 N–H and O–H groups in total. The molecule has 8 heteroatoms. The van der Waals surface area contributed by atoms with Gasteiger partial charge in [0.2, 0.25) is 0 Å². The zero-order valence-corrected chi connectivity index (χ0v) is 15.1. The van der Waals surface area contributed by atoms with E-state index in [0.29, 0.717) is 16.4 Å². The molecule has 1 aliphatic rings. The molecule has 3 aromatic rings. The highest BCUT2D eigenvalue weighted by atomic mass is 35.5. The minimum Gasteiger partial charge on any atom is -0.379 e. The Kier molecular flexibility index (Phi) is 5.29. The van der Waals surface area contributed by atoms with Crippen LogP contribution in [0.15, 0.2) is 35.1 Å². The van der Waals surface area contributed by atoms with Crippen molar-refractivity contribution in [3.8, 4) is 11.3 Å². The van der Waals surface area contributed by atoms with E-state index in [4.69, 9.17) is 20.9 Å². The van der Waals surface area contributed by atoms with Gasteiger partial charge >= 0.3 is 0 Å². The smallest absolute Gasteiger partial charge is 0.263 e. The van der Waals surface area contributed by atoms with E-state index in [1.165, 1.54) is 6.33 Å². The summed E-state index contributed by atoms with van der Waals surface area (Å²) in [6.07, 6.45) is 2.51. The van der Waals surface area contributed by atoms with Crippen LogP contribution in [0.4, 0.5) is 5.82 Å². The number of aromatic nitrogens is 3. The first-order valence-electron chi connectivity index (χ1n) is 8.71. The predicted octanol–water partition coefficient (Wildman–Crippen LogP) is 3.07. The lowest BCUT2D eigenvalue weighted by Crippen LogP contribution is -2.37. The number of morpholine rings is 1. The molecule has 1 saturated heterocycles. The van der Waals surface area contributed by atoms with Gasteiger partial charge in [-0.1, -0.05) is 28.9 Å². The predicted molar refractivity (Wildman–Crippen MR) is 100 cm³/mol. The largest absolute Gasteiger partial charge is 0.379 e. The Morgan fingerprint density at radius 2 is 1.92 bits per heavy atom. The zero-order chi connectivity index (χ0) is 17.8. The normalized spacial score (nSPS) is 15.4. The molecule has 0 spiro atoms. The molecule has 1 fully saturated rings. The van der Waals surface area contributed by atoms with Gasteiger partial charge in [0.05, 0.1) is 13.2 Å². The van der Waals surface area contributed by atoms with Crippen LogP contribution in [0.5, 0.6) is 0 Å². The van der Waals surface area contributed by atoms with Crippen molar-refractivity contribution in [1.82, 2.24) is 20.0 Å². The topological polar surface area (TPSA) is 76.3 Å². The van der Waals surface area contributed by atoms with Crippen LogP contribution in [0, 0.1) is 0 Å². The van der Waals surface area contributed by atoms with E-state index in [0.717, 1.165) is 62.6 Å². The average Bonchev–Trinajstić information content (AvgIpc) is 3.12. The van der Waals surface area contributed by atoms with Gasteiger partial charge in [0.15, 0.2) is 0 Å². The number of rotatable bonds is 6. The molecular weight excluding hydrogens is 354 g/mol. The SMILES string of the molecule is Clc1ccc(-c2noc3ncnc(NCCCN4CCOCC4)c23)cc1. The van der Waals surface area contributed by atoms with Crippen molar-refractivity contribution >= 4 is 28.5 Å². The summed E-state index contributed by atoms with van der Waals surface area (Å²) in [6.45, 7) is 5.51. The van der Waals surface area contributed by atoms with Crippen LogP contribution in [0.25, 0.3) is 22.4 Å². The Morgan fingerprint density at radius 1 is 1.12 bits per heavy atom. The number of nitrogens with zero attached hydrogens (tertiary/aromatic N) is 4. The lowest BCUT2D eigenvalue weighted by Gasteiger charge is -2.26. The molecule has 4 rings (SSSR count). The number of nitrogens with one attached hydrogen (secondary N) is 1. The number of halogens is 1. The van der Waals surface area contributed by atoms with Gasteiger partial charge in [-0.15, -0.1) is 0 Å². The van der Waals surface area contributed by atoms with Gasteiger partial charge < -0.3 is 14.6 Å². The van der Waals surface area contributed by atoms with Gasteiger partial charge in [0, 0.05) is 30.2 Å². The molecule has 0 aliphatic carbocycles. The van der Waals surface area contributed by atoms with Crippen LogP contribution in [0.2, 0.25) is 5.02 Å². The first-order valence-corrected chi connectivity index (χ1v) is 9.09. The lowest BCUT2D eigenvalue weighted by atomic mass is 10.1. The Hall–Kier alpha value is -2.22. The maximum Gasteiger partial charge on any atom is 0.263 e. The van der Waals surface area contributed by atoms with Gasteiger partial charge in [-0.3, -0.25) is 4.90 Å². The van der Waals surface area contributed by atoms with E-state index in [1.807, 2.05) is 24.3 Å². The quantitative estimate of drug-likeness (QED) is 0.665. The molecular formula is C18H20ClN5O2. The highest BCUT2D eigenvalue weighted by Crippen LogP contribution is 2.31. The Bertz CT molecular complexity index is 862. The standard InChI is InChI=1S/C18H20ClN5O2/c19-14-4-2-13(3-5-14)16-15-17(21-12-22-18(15)26-23-16)20-6-1-7-24-8-10-25-11-9-24/h2-5,12H,1,6-11H2,(H,20,21,22). The number of fused-ring (bicyclic) bond motifs is 1. The Labute approximate surface area is 156 Å². The van der Waals surface area contributed by atoms with Crippen molar-refractivity contribution < 1.29 is 9.26 Å². The molecule has 0 amide bonds. The summed E-state index contributed by atoms with van der Waals surface area (Å²) in [5.41, 5.74) is 2.10. The van der Waals surface area contributed by atoms with E-state index in [1.54, 1.807) is 0 Å². The third-order valence-corrected chi connectivity index (χ3v) is 4.69. The Balaban J connectivity index is 1.48. The van der Waals surface area contributed by atoms with Gasteiger partial charge in [-0.2, -0.15) is 4.98 Å². The summed E-state index contributed by atoms with van der Waals surface area (Å²) in [7, 11) is 0. The second-order valence-electron chi connectivity index (χ2n) is 6.17. The summed E-state index contributed by atoms with van der Waals surface area (Å²) in [5.74, 6) is 0.739. The number of benzene rings is 1. The molecule has 26 heavy (non-hydrogen) atoms. The zero-order valence-electron chi connectivity index (χ0n) is 14.3. The average molecular weight is 374 g/mol. The van der Waals surface area contributed by atoms with Crippen LogP contribution in [0.1, 0.15) is 6.42 Å². The molecule has 3 heterocycles. The minimum atomic E-state index is 0.473. The first-order chi connectivity index (χ1) is 12.8. The molecule has 136 valence electrons. The van der Waals surface area contributed by atoms with Crippen LogP contribution >= 0.6 is 11.6 Å². The number of ether oxygens (including phenoxy) is 1. The summed E-state index contributed by atoms with van der Waals surface area (Å²) in [5, 5.41) is 9.05. The third kappa shape index (κ3) is 3.80. The van der Waals surface area contributed by atoms with Crippen LogP contribution in [-0.4, -0.2) is 59.4 Å². The molecule has 1 aromatic carbocycles. The van der Waals surface area contributed by atoms with Crippen molar-refractivity contribution in [2.45, 2.75) is 6.42 Å². The molecule has 2 aromatic heterocycles. The van der Waals surface area contributed by atoms with E-state index >= 15 is 0 Å². The van der Waals surface area contributed by atoms with Gasteiger partial charge in [-0.25, -0.2) is 4.98 Å². The van der Waals surface area contributed by atoms with Gasteiger partial charge in [0.25, 0.3) is 5.71 Å². The second kappa shape index (κ2) is 7.99. The van der Waals surface area contributed by atoms with Crippen LogP contribution in [0.3, 0.4) is 0 Å². The maximum atomic E-state index is 5.98. The lowest BCUT2D eigenvalue weighted by molar-refractivity contribution is 0.0378. The van der Waals surface area contributed by atoms with E-state index in [-0.39, 0.29) is 0 Å². The fourth-order valence-corrected chi connectivity index (χ4v) is 3.19. The highest BCUT2D eigenvalue weighted by Gasteiger charge is 2.17. The van der Waals surface area contributed by atoms with E-state index < -0.39 is 0 Å². The van der Waals surface area contributed by atoms with Crippen molar-refractivity contribution in [1.29, 1.82) is 0 Å². The van der Waals surface area contributed by atoms with E-state index in [9.17, 15) is 0 Å². The molecule has 0 atom stereocenters. The molecule has 0 saturated carbocycles. The molecule has 0 unspecified atom stereocenters. The fourth-order valence-electron chi connectivity index (χ4n) is 3.06. The highest BCUT2D eigenvalue weighted by molar-refractivity contribution is 6.30. The number of anilines is 1. The molecule has 1 aliphatic heterocycles. The molecule has 0 radical (unpaired) electrons. The first kappa shape index (κ1) is 17.2. The minimum absolute atomic E-state index is 0.473.